The maximum atomic E-state index is 13.5. The maximum absolute atomic E-state index is 13.5. The van der Waals surface area contributed by atoms with Gasteiger partial charge in [0, 0.05) is 25.6 Å². The molecule has 134 valence electrons. The van der Waals surface area contributed by atoms with Crippen LogP contribution >= 0.6 is 0 Å². The molecule has 2 amide bonds. The second-order valence-electron chi connectivity index (χ2n) is 6.17. The Morgan fingerprint density at radius 3 is 2.85 bits per heavy atom. The quantitative estimate of drug-likeness (QED) is 0.905. The summed E-state index contributed by atoms with van der Waals surface area (Å²) in [5, 5.41) is 16.0. The highest BCUT2D eigenvalue weighted by molar-refractivity contribution is 5.94. The van der Waals surface area contributed by atoms with Crippen LogP contribution in [0.2, 0.25) is 0 Å². The van der Waals surface area contributed by atoms with Gasteiger partial charge in [-0.1, -0.05) is 0 Å². The molecular formula is C18H18FN5O2. The summed E-state index contributed by atoms with van der Waals surface area (Å²) in [7, 11) is 0. The van der Waals surface area contributed by atoms with E-state index in [4.69, 9.17) is 5.26 Å². The van der Waals surface area contributed by atoms with E-state index in [1.165, 1.54) is 6.07 Å². The van der Waals surface area contributed by atoms with E-state index in [1.807, 2.05) is 16.8 Å². The SMILES string of the molecule is CC(=O)N1CCCn2nc(CNC(=O)c3cc(F)cc(C#N)c3)cc2C1. The number of hydrogen-bond acceptors (Lipinski definition) is 4. The third-order valence-corrected chi connectivity index (χ3v) is 4.23. The average molecular weight is 355 g/mol. The Kier molecular flexibility index (Phi) is 4.98. The van der Waals surface area contributed by atoms with Crippen LogP contribution in [0, 0.1) is 17.1 Å². The number of nitriles is 1. The molecule has 0 atom stereocenters. The molecule has 3 rings (SSSR count). The number of nitrogens with one attached hydrogen (secondary N) is 1. The topological polar surface area (TPSA) is 91.0 Å². The minimum Gasteiger partial charge on any atom is -0.346 e. The molecule has 0 saturated heterocycles. The molecular weight excluding hydrogens is 337 g/mol. The van der Waals surface area contributed by atoms with E-state index < -0.39 is 11.7 Å². The van der Waals surface area contributed by atoms with Crippen LogP contribution < -0.4 is 5.32 Å². The van der Waals surface area contributed by atoms with Gasteiger partial charge < -0.3 is 10.2 Å². The van der Waals surface area contributed by atoms with Gasteiger partial charge in [0.1, 0.15) is 5.82 Å². The Morgan fingerprint density at radius 1 is 1.31 bits per heavy atom. The number of nitrogens with zero attached hydrogens (tertiary/aromatic N) is 4. The van der Waals surface area contributed by atoms with Crippen LogP contribution in [0.25, 0.3) is 0 Å². The number of benzene rings is 1. The molecule has 2 aromatic rings. The third kappa shape index (κ3) is 3.88. The van der Waals surface area contributed by atoms with Gasteiger partial charge >= 0.3 is 0 Å². The van der Waals surface area contributed by atoms with Crippen molar-refractivity contribution in [2.45, 2.75) is 33.0 Å². The fraction of sp³-hybridized carbons (Fsp3) is 0.333. The second-order valence-corrected chi connectivity index (χ2v) is 6.17. The summed E-state index contributed by atoms with van der Waals surface area (Å²) in [6.07, 6.45) is 0.820. The van der Waals surface area contributed by atoms with Crippen LogP contribution in [0.15, 0.2) is 24.3 Å². The van der Waals surface area contributed by atoms with Gasteiger partial charge in [-0.3, -0.25) is 14.3 Å². The van der Waals surface area contributed by atoms with Crippen LogP contribution in [0.5, 0.6) is 0 Å². The van der Waals surface area contributed by atoms with Gasteiger partial charge in [-0.2, -0.15) is 10.4 Å². The summed E-state index contributed by atoms with van der Waals surface area (Å²) in [4.78, 5) is 25.6. The fourth-order valence-electron chi connectivity index (χ4n) is 2.94. The summed E-state index contributed by atoms with van der Waals surface area (Å²) in [6.45, 7) is 3.62. The largest absolute Gasteiger partial charge is 0.346 e. The van der Waals surface area contributed by atoms with Crippen molar-refractivity contribution >= 4 is 11.8 Å². The van der Waals surface area contributed by atoms with Gasteiger partial charge in [0.05, 0.1) is 36.1 Å². The van der Waals surface area contributed by atoms with E-state index >= 15 is 0 Å². The molecule has 7 nitrogen and oxygen atoms in total. The minimum atomic E-state index is -0.632. The Morgan fingerprint density at radius 2 is 2.12 bits per heavy atom. The second kappa shape index (κ2) is 7.35. The molecule has 0 bridgehead atoms. The van der Waals surface area contributed by atoms with Crippen LogP contribution in [-0.4, -0.2) is 33.0 Å². The molecule has 0 unspecified atom stereocenters. The monoisotopic (exact) mass is 355 g/mol. The number of carbonyl (C=O) groups is 2. The zero-order valence-electron chi connectivity index (χ0n) is 14.3. The Bertz CT molecular complexity index is 899. The zero-order valence-corrected chi connectivity index (χ0v) is 14.3. The maximum Gasteiger partial charge on any atom is 0.251 e. The summed E-state index contributed by atoms with van der Waals surface area (Å²) in [5.74, 6) is -1.09. The smallest absolute Gasteiger partial charge is 0.251 e. The highest BCUT2D eigenvalue weighted by atomic mass is 19.1. The van der Waals surface area contributed by atoms with Crippen molar-refractivity contribution in [3.63, 3.8) is 0 Å². The van der Waals surface area contributed by atoms with Crippen LogP contribution in [0.3, 0.4) is 0 Å². The van der Waals surface area contributed by atoms with Gasteiger partial charge in [-0.05, 0) is 30.7 Å². The number of carbonyl (C=O) groups excluding carboxylic acids is 2. The lowest BCUT2D eigenvalue weighted by Crippen LogP contribution is -2.28. The highest BCUT2D eigenvalue weighted by Crippen LogP contribution is 2.14. The lowest BCUT2D eigenvalue weighted by atomic mass is 10.1. The molecule has 1 aromatic heterocycles. The molecule has 1 aliphatic rings. The van der Waals surface area contributed by atoms with Gasteiger partial charge in [-0.25, -0.2) is 4.39 Å². The molecule has 1 N–H and O–H groups in total. The predicted octanol–water partition coefficient (Wildman–Crippen LogP) is 1.58. The van der Waals surface area contributed by atoms with E-state index in [0.29, 0.717) is 25.3 Å². The molecule has 0 fully saturated rings. The van der Waals surface area contributed by atoms with Crippen LogP contribution in [-0.2, 0) is 24.4 Å². The summed E-state index contributed by atoms with van der Waals surface area (Å²) in [5.41, 5.74) is 1.76. The van der Waals surface area contributed by atoms with Crippen LogP contribution in [0.4, 0.5) is 4.39 Å². The number of hydrogen-bond donors (Lipinski definition) is 1. The van der Waals surface area contributed by atoms with E-state index in [9.17, 15) is 14.0 Å². The fourth-order valence-corrected chi connectivity index (χ4v) is 2.94. The normalized spacial score (nSPS) is 13.5. The number of rotatable bonds is 3. The molecule has 26 heavy (non-hydrogen) atoms. The first-order valence-electron chi connectivity index (χ1n) is 8.26. The lowest BCUT2D eigenvalue weighted by Gasteiger charge is -2.17. The number of fused-ring (bicyclic) bond motifs is 1. The van der Waals surface area contributed by atoms with Crippen molar-refractivity contribution < 1.29 is 14.0 Å². The third-order valence-electron chi connectivity index (χ3n) is 4.23. The molecule has 0 aliphatic carbocycles. The first kappa shape index (κ1) is 17.6. The molecule has 0 spiro atoms. The summed E-state index contributed by atoms with van der Waals surface area (Å²) < 4.78 is 15.3. The number of aryl methyl sites for hydroxylation is 1. The summed E-state index contributed by atoms with van der Waals surface area (Å²) >= 11 is 0. The minimum absolute atomic E-state index is 0.0221. The molecule has 0 saturated carbocycles. The number of halogens is 1. The van der Waals surface area contributed by atoms with Crippen molar-refractivity contribution in [3.8, 4) is 6.07 Å². The number of amides is 2. The van der Waals surface area contributed by atoms with Gasteiger partial charge in [0.2, 0.25) is 5.91 Å². The van der Waals surface area contributed by atoms with E-state index in [2.05, 4.69) is 10.4 Å². The molecule has 1 aromatic carbocycles. The van der Waals surface area contributed by atoms with Crippen molar-refractivity contribution in [2.75, 3.05) is 6.54 Å². The van der Waals surface area contributed by atoms with Crippen molar-refractivity contribution in [1.82, 2.24) is 20.0 Å². The molecule has 8 heteroatoms. The predicted molar refractivity (Wildman–Crippen MR) is 90.2 cm³/mol. The first-order valence-corrected chi connectivity index (χ1v) is 8.26. The van der Waals surface area contributed by atoms with E-state index in [0.717, 1.165) is 24.2 Å². The van der Waals surface area contributed by atoms with Gasteiger partial charge in [0.15, 0.2) is 0 Å². The standard InChI is InChI=1S/C18H18FN5O2/c1-12(25)23-3-2-4-24-17(11-23)8-16(22-24)10-21-18(26)14-5-13(9-20)6-15(19)7-14/h5-8H,2-4,10-11H2,1H3,(H,21,26). The lowest BCUT2D eigenvalue weighted by molar-refractivity contribution is -0.129. The average Bonchev–Trinajstić information content (AvgIpc) is 2.88. The Labute approximate surface area is 150 Å². The van der Waals surface area contributed by atoms with Crippen molar-refractivity contribution in [1.29, 1.82) is 5.26 Å². The number of aromatic nitrogens is 2. The van der Waals surface area contributed by atoms with Crippen molar-refractivity contribution in [3.05, 3.63) is 52.6 Å². The Hall–Kier alpha value is -3.21. The van der Waals surface area contributed by atoms with E-state index in [-0.39, 0.29) is 23.6 Å². The van der Waals surface area contributed by atoms with Crippen LogP contribution in [0.1, 0.15) is 40.7 Å². The zero-order chi connectivity index (χ0) is 18.7. The highest BCUT2D eigenvalue weighted by Gasteiger charge is 2.18. The van der Waals surface area contributed by atoms with Crippen molar-refractivity contribution in [2.24, 2.45) is 0 Å². The first-order chi connectivity index (χ1) is 12.5. The van der Waals surface area contributed by atoms with Gasteiger partial charge in [-0.15, -0.1) is 0 Å². The summed E-state index contributed by atoms with van der Waals surface area (Å²) in [6, 6.07) is 7.17. The Balaban J connectivity index is 1.68. The van der Waals surface area contributed by atoms with Gasteiger partial charge in [0.25, 0.3) is 5.91 Å². The van der Waals surface area contributed by atoms with E-state index in [1.54, 1.807) is 11.8 Å². The molecule has 1 aliphatic heterocycles. The molecule has 2 heterocycles. The molecule has 0 radical (unpaired) electrons.